The summed E-state index contributed by atoms with van der Waals surface area (Å²) in [6, 6.07) is 52.7. The highest BCUT2D eigenvalue weighted by atomic mass is 16.6. The van der Waals surface area contributed by atoms with Crippen LogP contribution in [0.4, 0.5) is 0 Å². The molecule has 26 nitrogen and oxygen atoms in total. The lowest BCUT2D eigenvalue weighted by atomic mass is 9.82. The number of ether oxygens (including phenoxy) is 14. The van der Waals surface area contributed by atoms with E-state index in [1.165, 1.54) is 164 Å². The number of unbranched alkanes of at least 4 members (excludes halogenated alkanes) is 16. The molecule has 2 aliphatic carbocycles. The van der Waals surface area contributed by atoms with Crippen molar-refractivity contribution in [3.8, 4) is 81.2 Å². The predicted octanol–water partition coefficient (Wildman–Crippen LogP) is 22.6. The fourth-order valence-electron chi connectivity index (χ4n) is 14.2. The molecule has 26 heteroatoms. The Bertz CT molecular complexity index is 4840. The zero-order valence-corrected chi connectivity index (χ0v) is 79.4. The summed E-state index contributed by atoms with van der Waals surface area (Å²) in [5.41, 5.74) is 4.02. The number of methoxy groups -OCH3 is 2. The van der Waals surface area contributed by atoms with Gasteiger partial charge in [-0.2, -0.15) is 0 Å². The van der Waals surface area contributed by atoms with Crippen molar-refractivity contribution in [1.82, 2.24) is 0 Å². The first-order valence-corrected chi connectivity index (χ1v) is 47.4. The Morgan fingerprint density at radius 3 is 0.647 bits per heavy atom. The lowest BCUT2D eigenvalue weighted by Crippen LogP contribution is -2.30. The number of hydrogen-bond donors (Lipinski definition) is 0. The van der Waals surface area contributed by atoms with Gasteiger partial charge >= 0.3 is 71.6 Å². The number of aryl methyl sites for hydroxylation is 2. The second-order valence-corrected chi connectivity index (χ2v) is 32.4. The molecular weight excluding hydrogens is 1740 g/mol. The zero-order chi connectivity index (χ0) is 97.9. The van der Waals surface area contributed by atoms with Gasteiger partial charge in [0.1, 0.15) is 57.5 Å². The molecule has 8 aromatic rings. The Kier molecular flexibility index (Phi) is 50.8. The molecular formula is C110H132O26. The van der Waals surface area contributed by atoms with Gasteiger partial charge in [0, 0.05) is 26.5 Å². The molecule has 0 saturated heterocycles. The average Bonchev–Trinajstić information content (AvgIpc) is 0.843. The van der Waals surface area contributed by atoms with Crippen molar-refractivity contribution < 1.29 is 127 Å². The molecule has 0 heterocycles. The predicted molar refractivity (Wildman–Crippen MR) is 515 cm³/mol. The van der Waals surface area contributed by atoms with Gasteiger partial charge in [0.05, 0.1) is 86.6 Å². The minimum Gasteiger partial charge on any atom is -0.497 e. The van der Waals surface area contributed by atoms with E-state index in [0.29, 0.717) is 133 Å². The van der Waals surface area contributed by atoms with Crippen LogP contribution in [-0.4, -0.2) is 112 Å². The summed E-state index contributed by atoms with van der Waals surface area (Å²) in [5.74, 6) is 4.76. The van der Waals surface area contributed by atoms with Gasteiger partial charge in [-0.05, 0) is 285 Å². The summed E-state index contributed by atoms with van der Waals surface area (Å²) in [4.78, 5) is 145. The van der Waals surface area contributed by atoms with E-state index in [1.807, 2.05) is 36.1 Å². The van der Waals surface area contributed by atoms with Crippen molar-refractivity contribution in [3.63, 3.8) is 0 Å². The largest absolute Gasteiger partial charge is 0.497 e. The summed E-state index contributed by atoms with van der Waals surface area (Å²) >= 11 is 0. The molecule has 2 fully saturated rings. The van der Waals surface area contributed by atoms with Crippen LogP contribution in [0.5, 0.6) is 57.5 Å². The Labute approximate surface area is 801 Å². The molecule has 0 amide bonds. The van der Waals surface area contributed by atoms with Crippen molar-refractivity contribution >= 4 is 71.6 Å². The first kappa shape index (κ1) is 109. The van der Waals surface area contributed by atoms with E-state index in [4.69, 9.17) is 66.3 Å². The van der Waals surface area contributed by atoms with Crippen molar-refractivity contribution in [2.45, 2.75) is 234 Å². The van der Waals surface area contributed by atoms with Crippen LogP contribution in [0.2, 0.25) is 0 Å². The quantitative estimate of drug-likeness (QED) is 0.00855. The maximum Gasteiger partial charge on any atom is 0.390 e. The minimum atomic E-state index is -0.978. The van der Waals surface area contributed by atoms with E-state index in [-0.39, 0.29) is 87.1 Å². The van der Waals surface area contributed by atoms with E-state index in [1.54, 1.807) is 111 Å². The molecule has 0 aliphatic heterocycles. The molecule has 0 aromatic heterocycles. The average molecular weight is 1870 g/mol. The Balaban J connectivity index is 0.000000330. The van der Waals surface area contributed by atoms with Gasteiger partial charge in [0.25, 0.3) is 0 Å². The minimum absolute atomic E-state index is 0. The van der Waals surface area contributed by atoms with Gasteiger partial charge < -0.3 is 66.3 Å². The van der Waals surface area contributed by atoms with Crippen LogP contribution in [0.25, 0.3) is 0 Å². The molecule has 2 saturated carbocycles. The van der Waals surface area contributed by atoms with Crippen molar-refractivity contribution in [1.29, 1.82) is 0 Å². The first-order valence-electron chi connectivity index (χ1n) is 47.4. The standard InChI is InChI=1S/C36H48O8.C34H48O4.C22H18O8.C18H14O6.2H2/c1-3-5-7-9-11-25-41-33(37)27-17-21-31(22-18-27)43-35(39)29-13-15-30(16-14-29)36(40)44-32-23-19-28(20-24-32)34(38)42-26-12-10-8-6-4-2;1-3-5-7-9-11-13-27-15-23-31(24-16-27)37-33(35)29-19-21-30(22-20-29)34(36)38-32-25-17-28(18-26-32)14-12-10-8-6-4-2;1-3-27-21(25)15-5-9-17(10-6-15)29-19(23)13-14-20(24)30-18-11-7-16(8-12-18)22(26)28-4-2;1-21-13-3-7-15(8-4-13)23-17(19)11-12-18(20)24-16-9-5-14(22-2)6-10-16;;/h17-24,29-30H,3-16,25-26H2,1-2H3;15-18,23-26,29-30H,3-14,19-22H2,1-2H3;5-12H,3-4H2,1-2H3;3-10H,1-2H3;2*1H. The van der Waals surface area contributed by atoms with Crippen molar-refractivity contribution in [2.24, 2.45) is 23.7 Å². The Morgan fingerprint density at radius 2 is 0.426 bits per heavy atom. The molecule has 0 atom stereocenters. The normalized spacial score (nSPS) is 13.8. The fourth-order valence-corrected chi connectivity index (χ4v) is 14.2. The van der Waals surface area contributed by atoms with Gasteiger partial charge in [0.2, 0.25) is 0 Å². The van der Waals surface area contributed by atoms with Crippen LogP contribution in [-0.2, 0) is 70.1 Å². The Hall–Kier alpha value is -13.9. The van der Waals surface area contributed by atoms with E-state index < -0.39 is 35.8 Å². The molecule has 8 aromatic carbocycles. The molecule has 0 bridgehead atoms. The highest BCUT2D eigenvalue weighted by Crippen LogP contribution is 2.35. The second-order valence-electron chi connectivity index (χ2n) is 32.4. The summed E-state index contributed by atoms with van der Waals surface area (Å²) in [5, 5.41) is 0. The highest BCUT2D eigenvalue weighted by molar-refractivity contribution is 6.01. The molecule has 0 radical (unpaired) electrons. The fraction of sp³-hybridized carbons (Fsp3) is 0.418. The van der Waals surface area contributed by atoms with E-state index in [9.17, 15) is 57.5 Å². The lowest BCUT2D eigenvalue weighted by Gasteiger charge is -2.25. The first-order chi connectivity index (χ1) is 66.0. The third-order valence-electron chi connectivity index (χ3n) is 22.0. The van der Waals surface area contributed by atoms with E-state index in [0.717, 1.165) is 51.4 Å². The number of esters is 12. The molecule has 2 aliphatic rings. The maximum atomic E-state index is 12.7. The van der Waals surface area contributed by atoms with Gasteiger partial charge in [-0.1, -0.05) is 155 Å². The summed E-state index contributed by atoms with van der Waals surface area (Å²) in [6.45, 7) is 13.5. The molecule has 136 heavy (non-hydrogen) atoms. The number of benzene rings is 8. The lowest BCUT2D eigenvalue weighted by molar-refractivity contribution is -0.145. The van der Waals surface area contributed by atoms with Gasteiger partial charge in [-0.25, -0.2) is 38.4 Å². The monoisotopic (exact) mass is 1870 g/mol. The van der Waals surface area contributed by atoms with Crippen LogP contribution >= 0.6 is 0 Å². The molecule has 0 unspecified atom stereocenters. The summed E-state index contributed by atoms with van der Waals surface area (Å²) < 4.78 is 72.6. The topological polar surface area (TPSA) is 334 Å². The van der Waals surface area contributed by atoms with E-state index in [2.05, 4.69) is 63.8 Å². The van der Waals surface area contributed by atoms with Crippen LogP contribution in [0.3, 0.4) is 0 Å². The van der Waals surface area contributed by atoms with Crippen molar-refractivity contribution in [3.05, 3.63) is 228 Å². The molecule has 728 valence electrons. The van der Waals surface area contributed by atoms with Crippen LogP contribution in [0.1, 0.15) is 277 Å². The number of carbonyl (C=O) groups is 12. The third-order valence-corrected chi connectivity index (χ3v) is 22.0. The second kappa shape index (κ2) is 63.3. The zero-order valence-electron chi connectivity index (χ0n) is 79.4. The smallest absolute Gasteiger partial charge is 0.390 e. The summed E-state index contributed by atoms with van der Waals surface area (Å²) in [7, 11) is 3.06. The molecule has 10 rings (SSSR count). The SMILES string of the molecule is CCCCCCCOC(=O)c1ccc(OC(=O)C2CCC(C(=O)Oc3ccc(C(=O)OCCCCCCC)cc3)CC2)cc1.CCCCCCCc1ccc(OC(=O)C2CCC(C(=O)Oc3ccc(CCCCCCC)cc3)CC2)cc1.CCOC(=O)c1ccc(OC(=O)C#CC(=O)Oc2ccc(C(=O)OCC)cc2)cc1.COc1ccc(OC(=O)C#CC(=O)Oc2ccc(OC)cc2)cc1.[HH].[HH]. The maximum absolute atomic E-state index is 12.7. The van der Waals surface area contributed by atoms with Crippen LogP contribution < -0.4 is 47.4 Å². The van der Waals surface area contributed by atoms with Gasteiger partial charge in [-0.15, -0.1) is 0 Å². The molecule has 0 N–H and O–H groups in total. The van der Waals surface area contributed by atoms with Gasteiger partial charge in [-0.3, -0.25) is 19.2 Å². The number of carbonyl (C=O) groups excluding carboxylic acids is 12. The number of hydrogen-bond acceptors (Lipinski definition) is 26. The summed E-state index contributed by atoms with van der Waals surface area (Å²) in [6.07, 6.45) is 30.4. The van der Waals surface area contributed by atoms with Gasteiger partial charge in [0.15, 0.2) is 0 Å². The van der Waals surface area contributed by atoms with Crippen LogP contribution in [0.15, 0.2) is 194 Å². The number of rotatable bonds is 44. The van der Waals surface area contributed by atoms with Crippen LogP contribution in [0, 0.1) is 47.4 Å². The van der Waals surface area contributed by atoms with Crippen molar-refractivity contribution in [2.75, 3.05) is 40.6 Å². The highest BCUT2D eigenvalue weighted by Gasteiger charge is 2.34. The Morgan fingerprint density at radius 1 is 0.235 bits per heavy atom. The van der Waals surface area contributed by atoms with E-state index >= 15 is 0 Å². The molecule has 0 spiro atoms. The third kappa shape index (κ3) is 42.6.